The van der Waals surface area contributed by atoms with Gasteiger partial charge in [-0.15, -0.1) is 0 Å². The number of benzene rings is 2. The van der Waals surface area contributed by atoms with Crippen molar-refractivity contribution in [1.29, 1.82) is 0 Å². The van der Waals surface area contributed by atoms with Gasteiger partial charge in [0.25, 0.3) is 0 Å². The van der Waals surface area contributed by atoms with Crippen LogP contribution in [0.1, 0.15) is 6.42 Å². The minimum atomic E-state index is -0.176. The molecule has 0 spiro atoms. The summed E-state index contributed by atoms with van der Waals surface area (Å²) in [5.41, 5.74) is 1.99. The Morgan fingerprint density at radius 1 is 1.28 bits per heavy atom. The zero-order valence-electron chi connectivity index (χ0n) is 13.6. The summed E-state index contributed by atoms with van der Waals surface area (Å²) in [7, 11) is 1.42. The Kier molecular flexibility index (Phi) is 4.00. The summed E-state index contributed by atoms with van der Waals surface area (Å²) in [5.74, 6) is -0.289. The highest BCUT2D eigenvalue weighted by Gasteiger charge is 2.29. The lowest BCUT2D eigenvalue weighted by Crippen LogP contribution is -2.23. The highest BCUT2D eigenvalue weighted by atomic mass is 79.9. The van der Waals surface area contributed by atoms with E-state index in [2.05, 4.69) is 20.8 Å². The number of ether oxygens (including phenoxy) is 1. The Hall–Kier alpha value is -2.34. The van der Waals surface area contributed by atoms with Gasteiger partial charge in [-0.25, -0.2) is 0 Å². The average molecular weight is 402 g/mol. The standard InChI is InChI=1S/C19H16BrNO4/c1-24-19(23)11-7-8-21(10-11)12-5-6-13-16(9-12)25-18-14(17(13)22)3-2-4-15(18)20/h2-6,9,11H,7-8,10H2,1H3. The number of hydrogen-bond acceptors (Lipinski definition) is 5. The SMILES string of the molecule is COC(=O)C1CCN(c2ccc3c(=O)c4cccc(Br)c4oc3c2)C1. The number of carbonyl (C=O) groups excluding carboxylic acids is 1. The first kappa shape index (κ1) is 16.1. The average Bonchev–Trinajstić information content (AvgIpc) is 3.12. The highest BCUT2D eigenvalue weighted by Crippen LogP contribution is 2.30. The largest absolute Gasteiger partial charge is 0.469 e. The first-order valence-corrected chi connectivity index (χ1v) is 8.85. The summed E-state index contributed by atoms with van der Waals surface area (Å²) >= 11 is 3.44. The summed E-state index contributed by atoms with van der Waals surface area (Å²) in [4.78, 5) is 26.5. The lowest BCUT2D eigenvalue weighted by atomic mass is 10.1. The molecule has 5 nitrogen and oxygen atoms in total. The van der Waals surface area contributed by atoms with Crippen LogP contribution in [0.3, 0.4) is 0 Å². The van der Waals surface area contributed by atoms with Gasteiger partial charge in [0.05, 0.1) is 28.3 Å². The molecule has 6 heteroatoms. The predicted octanol–water partition coefficient (Wildman–Crippen LogP) is 3.71. The molecule has 0 bridgehead atoms. The van der Waals surface area contributed by atoms with Crippen molar-refractivity contribution in [3.63, 3.8) is 0 Å². The number of methoxy groups -OCH3 is 1. The first-order chi connectivity index (χ1) is 12.1. The van der Waals surface area contributed by atoms with Crippen molar-refractivity contribution in [2.45, 2.75) is 6.42 Å². The topological polar surface area (TPSA) is 59.8 Å². The molecule has 0 aliphatic carbocycles. The molecule has 1 fully saturated rings. The Morgan fingerprint density at radius 3 is 2.92 bits per heavy atom. The number of carbonyl (C=O) groups is 1. The molecule has 1 aromatic heterocycles. The van der Waals surface area contributed by atoms with Crippen molar-refractivity contribution in [3.05, 3.63) is 51.1 Å². The van der Waals surface area contributed by atoms with E-state index >= 15 is 0 Å². The molecule has 4 rings (SSSR count). The third kappa shape index (κ3) is 2.70. The Morgan fingerprint density at radius 2 is 2.12 bits per heavy atom. The summed E-state index contributed by atoms with van der Waals surface area (Å²) in [5, 5.41) is 1.11. The molecule has 0 N–H and O–H groups in total. The quantitative estimate of drug-likeness (QED) is 0.483. The zero-order valence-corrected chi connectivity index (χ0v) is 15.2. The van der Waals surface area contributed by atoms with Crippen LogP contribution in [-0.4, -0.2) is 26.2 Å². The van der Waals surface area contributed by atoms with Crippen molar-refractivity contribution in [1.82, 2.24) is 0 Å². The lowest BCUT2D eigenvalue weighted by Gasteiger charge is -2.18. The maximum absolute atomic E-state index is 12.7. The number of nitrogens with zero attached hydrogens (tertiary/aromatic N) is 1. The summed E-state index contributed by atoms with van der Waals surface area (Å²) < 4.78 is 11.6. The van der Waals surface area contributed by atoms with Crippen molar-refractivity contribution >= 4 is 49.5 Å². The molecule has 2 aromatic carbocycles. The molecule has 3 aromatic rings. The Labute approximate surface area is 152 Å². The highest BCUT2D eigenvalue weighted by molar-refractivity contribution is 9.10. The number of para-hydroxylation sites is 1. The van der Waals surface area contributed by atoms with Gasteiger partial charge < -0.3 is 14.1 Å². The van der Waals surface area contributed by atoms with Gasteiger partial charge >= 0.3 is 5.97 Å². The lowest BCUT2D eigenvalue weighted by molar-refractivity contribution is -0.144. The summed E-state index contributed by atoms with van der Waals surface area (Å²) in [6.45, 7) is 1.38. The second-order valence-corrected chi connectivity index (χ2v) is 7.04. The van der Waals surface area contributed by atoms with Gasteiger partial charge in [-0.2, -0.15) is 0 Å². The van der Waals surface area contributed by atoms with Crippen molar-refractivity contribution < 1.29 is 13.9 Å². The maximum atomic E-state index is 12.7. The molecule has 128 valence electrons. The minimum absolute atomic E-state index is 0.0436. The zero-order chi connectivity index (χ0) is 17.6. The second-order valence-electron chi connectivity index (χ2n) is 6.18. The van der Waals surface area contributed by atoms with E-state index in [4.69, 9.17) is 9.15 Å². The van der Waals surface area contributed by atoms with Gasteiger partial charge in [-0.05, 0) is 46.6 Å². The van der Waals surface area contributed by atoms with Gasteiger partial charge in [-0.3, -0.25) is 9.59 Å². The van der Waals surface area contributed by atoms with Gasteiger partial charge in [-0.1, -0.05) is 6.07 Å². The van der Waals surface area contributed by atoms with Gasteiger partial charge in [0.15, 0.2) is 5.58 Å². The van der Waals surface area contributed by atoms with Crippen LogP contribution in [-0.2, 0) is 9.53 Å². The molecule has 1 saturated heterocycles. The maximum Gasteiger partial charge on any atom is 0.310 e. The van der Waals surface area contributed by atoms with Crippen LogP contribution in [0.5, 0.6) is 0 Å². The molecule has 0 radical (unpaired) electrons. The minimum Gasteiger partial charge on any atom is -0.469 e. The van der Waals surface area contributed by atoms with Gasteiger partial charge in [0.2, 0.25) is 5.43 Å². The first-order valence-electron chi connectivity index (χ1n) is 8.06. The molecule has 1 unspecified atom stereocenters. The van der Waals surface area contributed by atoms with E-state index in [0.29, 0.717) is 28.5 Å². The molecule has 1 atom stereocenters. The van der Waals surface area contributed by atoms with Crippen LogP contribution in [0.2, 0.25) is 0 Å². The van der Waals surface area contributed by atoms with Crippen molar-refractivity contribution in [2.24, 2.45) is 5.92 Å². The molecule has 0 saturated carbocycles. The van der Waals surface area contributed by atoms with E-state index in [9.17, 15) is 9.59 Å². The Balaban J connectivity index is 1.78. The van der Waals surface area contributed by atoms with E-state index in [1.165, 1.54) is 7.11 Å². The summed E-state index contributed by atoms with van der Waals surface area (Å²) in [6, 6.07) is 11.0. The van der Waals surface area contributed by atoms with E-state index in [1.54, 1.807) is 12.1 Å². The van der Waals surface area contributed by atoms with Gasteiger partial charge in [0.1, 0.15) is 5.58 Å². The molecular formula is C19H16BrNO4. The third-order valence-corrected chi connectivity index (χ3v) is 5.35. The smallest absolute Gasteiger partial charge is 0.310 e. The van der Waals surface area contributed by atoms with Crippen molar-refractivity contribution in [2.75, 3.05) is 25.1 Å². The number of halogens is 1. The number of hydrogen-bond donors (Lipinski definition) is 0. The van der Waals surface area contributed by atoms with Crippen LogP contribution in [0.15, 0.2) is 50.1 Å². The molecule has 1 aliphatic rings. The fraction of sp³-hybridized carbons (Fsp3) is 0.263. The third-order valence-electron chi connectivity index (χ3n) is 4.72. The van der Waals surface area contributed by atoms with Crippen molar-refractivity contribution in [3.8, 4) is 0 Å². The van der Waals surface area contributed by atoms with Crippen LogP contribution >= 0.6 is 15.9 Å². The molecule has 1 aliphatic heterocycles. The molecule has 2 heterocycles. The van der Waals surface area contributed by atoms with Crippen LogP contribution in [0.4, 0.5) is 5.69 Å². The van der Waals surface area contributed by atoms with Crippen LogP contribution in [0.25, 0.3) is 21.9 Å². The normalized spacial score (nSPS) is 17.4. The van der Waals surface area contributed by atoms with E-state index in [-0.39, 0.29) is 17.3 Å². The molecule has 25 heavy (non-hydrogen) atoms. The van der Waals surface area contributed by atoms with E-state index in [1.807, 2.05) is 24.3 Å². The molecule has 0 amide bonds. The van der Waals surface area contributed by atoms with Crippen LogP contribution < -0.4 is 10.3 Å². The fourth-order valence-electron chi connectivity index (χ4n) is 3.38. The van der Waals surface area contributed by atoms with Gasteiger partial charge in [0, 0.05) is 24.8 Å². The van der Waals surface area contributed by atoms with E-state index < -0.39 is 0 Å². The Bertz CT molecular complexity index is 1040. The summed E-state index contributed by atoms with van der Waals surface area (Å²) in [6.07, 6.45) is 0.762. The van der Waals surface area contributed by atoms with E-state index in [0.717, 1.165) is 23.1 Å². The second kappa shape index (κ2) is 6.19. The monoisotopic (exact) mass is 401 g/mol. The number of rotatable bonds is 2. The fourth-order valence-corrected chi connectivity index (χ4v) is 3.83. The number of anilines is 1. The number of fused-ring (bicyclic) bond motifs is 2. The number of esters is 1. The predicted molar refractivity (Wildman–Crippen MR) is 100 cm³/mol. The molecular weight excluding hydrogens is 386 g/mol. The van der Waals surface area contributed by atoms with Crippen LogP contribution in [0, 0.1) is 5.92 Å².